The molecule has 0 amide bonds. The monoisotopic (exact) mass is 334 g/mol. The van der Waals surface area contributed by atoms with Crippen LogP contribution in [0.2, 0.25) is 0 Å². The molecule has 0 radical (unpaired) electrons. The topological polar surface area (TPSA) is 0 Å². The van der Waals surface area contributed by atoms with Gasteiger partial charge in [0.2, 0.25) is 0 Å². The molecular formula is C25H34. The van der Waals surface area contributed by atoms with Gasteiger partial charge in [0.05, 0.1) is 0 Å². The summed E-state index contributed by atoms with van der Waals surface area (Å²) >= 11 is 0. The van der Waals surface area contributed by atoms with E-state index in [1.165, 1.54) is 38.9 Å². The highest BCUT2D eigenvalue weighted by molar-refractivity contribution is 5.84. The summed E-state index contributed by atoms with van der Waals surface area (Å²) in [7, 11) is 0. The van der Waals surface area contributed by atoms with Crippen LogP contribution < -0.4 is 0 Å². The second kappa shape index (κ2) is 5.47. The van der Waals surface area contributed by atoms with Gasteiger partial charge in [-0.3, -0.25) is 0 Å². The van der Waals surface area contributed by atoms with Crippen molar-refractivity contribution in [2.45, 2.75) is 85.0 Å². The molecule has 1 aliphatic rings. The lowest BCUT2D eigenvalue weighted by Gasteiger charge is -2.30. The third-order valence-corrected chi connectivity index (χ3v) is 5.48. The molecule has 0 aliphatic heterocycles. The van der Waals surface area contributed by atoms with Gasteiger partial charge in [0.15, 0.2) is 0 Å². The van der Waals surface area contributed by atoms with Crippen molar-refractivity contribution in [1.29, 1.82) is 0 Å². The van der Waals surface area contributed by atoms with Crippen molar-refractivity contribution in [2.75, 3.05) is 0 Å². The van der Waals surface area contributed by atoms with Crippen molar-refractivity contribution < 1.29 is 0 Å². The summed E-state index contributed by atoms with van der Waals surface area (Å²) < 4.78 is 0. The van der Waals surface area contributed by atoms with E-state index in [-0.39, 0.29) is 16.2 Å². The molecule has 2 aromatic carbocycles. The summed E-state index contributed by atoms with van der Waals surface area (Å²) in [6, 6.07) is 11.9. The van der Waals surface area contributed by atoms with Crippen LogP contribution in [0.25, 0.3) is 11.1 Å². The Bertz CT molecular complexity index is 815. The van der Waals surface area contributed by atoms with Crippen molar-refractivity contribution >= 4 is 0 Å². The van der Waals surface area contributed by atoms with Crippen molar-refractivity contribution in [3.05, 3.63) is 58.1 Å². The van der Waals surface area contributed by atoms with E-state index in [1.807, 2.05) is 0 Å². The van der Waals surface area contributed by atoms with Crippen LogP contribution in [0.1, 0.15) is 90.1 Å². The first-order valence-corrected chi connectivity index (χ1v) is 9.61. The number of hydrogen-bond acceptors (Lipinski definition) is 0. The van der Waals surface area contributed by atoms with Crippen LogP contribution in [0.4, 0.5) is 0 Å². The molecule has 0 fully saturated rings. The minimum absolute atomic E-state index is 0.137. The molecule has 0 saturated heterocycles. The van der Waals surface area contributed by atoms with Crippen LogP contribution in [0.5, 0.6) is 0 Å². The summed E-state index contributed by atoms with van der Waals surface area (Å²) in [5, 5.41) is 0. The molecule has 0 aromatic heterocycles. The number of hydrogen-bond donors (Lipinski definition) is 0. The third kappa shape index (κ3) is 3.16. The van der Waals surface area contributed by atoms with Crippen molar-refractivity contribution in [1.82, 2.24) is 0 Å². The highest BCUT2D eigenvalue weighted by Crippen LogP contribution is 2.48. The third-order valence-electron chi connectivity index (χ3n) is 5.48. The van der Waals surface area contributed by atoms with E-state index in [0.29, 0.717) is 0 Å². The first kappa shape index (κ1) is 18.2. The van der Waals surface area contributed by atoms with Gasteiger partial charge in [-0.15, -0.1) is 0 Å². The molecule has 1 aliphatic carbocycles. The van der Waals surface area contributed by atoms with Crippen molar-refractivity contribution in [2.24, 2.45) is 0 Å². The molecule has 0 N–H and O–H groups in total. The van der Waals surface area contributed by atoms with Crippen LogP contribution in [0, 0.1) is 0 Å². The lowest BCUT2D eigenvalue weighted by molar-refractivity contribution is 0.568. The Hall–Kier alpha value is -1.56. The zero-order chi connectivity index (χ0) is 18.8. The van der Waals surface area contributed by atoms with Gasteiger partial charge >= 0.3 is 0 Å². The van der Waals surface area contributed by atoms with Gasteiger partial charge in [0.25, 0.3) is 0 Å². The zero-order valence-corrected chi connectivity index (χ0v) is 17.6. The second-order valence-electron chi connectivity index (χ2n) is 10.8. The standard InChI is InChI=1S/C25H34/c1-23(2,3)18-14-17-13-16-11-10-12-19(24(4,5)6)21(16)22(17)20(15-18)25(7,8)9/h10-12,14-15H,13H2,1-9H3. The maximum atomic E-state index is 2.48. The van der Waals surface area contributed by atoms with Gasteiger partial charge in [-0.05, 0) is 61.6 Å². The fraction of sp³-hybridized carbons (Fsp3) is 0.520. The Morgan fingerprint density at radius 3 is 1.68 bits per heavy atom. The highest BCUT2D eigenvalue weighted by Gasteiger charge is 2.33. The molecule has 0 heterocycles. The van der Waals surface area contributed by atoms with Gasteiger partial charge in [-0.25, -0.2) is 0 Å². The van der Waals surface area contributed by atoms with Crippen LogP contribution in [0.3, 0.4) is 0 Å². The normalized spacial score (nSPS) is 14.4. The lowest BCUT2D eigenvalue weighted by Crippen LogP contribution is -2.19. The fourth-order valence-electron chi connectivity index (χ4n) is 4.03. The van der Waals surface area contributed by atoms with E-state index in [0.717, 1.165) is 6.42 Å². The predicted molar refractivity (Wildman–Crippen MR) is 111 cm³/mol. The van der Waals surface area contributed by atoms with Crippen LogP contribution in [-0.4, -0.2) is 0 Å². The van der Waals surface area contributed by atoms with E-state index in [4.69, 9.17) is 0 Å². The van der Waals surface area contributed by atoms with Gasteiger partial charge < -0.3 is 0 Å². The average molecular weight is 335 g/mol. The van der Waals surface area contributed by atoms with Gasteiger partial charge in [0.1, 0.15) is 0 Å². The lowest BCUT2D eigenvalue weighted by atomic mass is 9.74. The van der Waals surface area contributed by atoms with E-state index in [9.17, 15) is 0 Å². The Morgan fingerprint density at radius 2 is 1.16 bits per heavy atom. The molecule has 2 aromatic rings. The molecule has 25 heavy (non-hydrogen) atoms. The average Bonchev–Trinajstić information content (AvgIpc) is 2.81. The molecule has 134 valence electrons. The minimum Gasteiger partial charge on any atom is -0.0616 e. The Morgan fingerprint density at radius 1 is 0.600 bits per heavy atom. The van der Waals surface area contributed by atoms with Crippen molar-refractivity contribution in [3.8, 4) is 11.1 Å². The quantitative estimate of drug-likeness (QED) is 0.409. The minimum atomic E-state index is 0.137. The van der Waals surface area contributed by atoms with E-state index in [2.05, 4.69) is 92.6 Å². The SMILES string of the molecule is CC(C)(C)c1cc2c(c(C(C)(C)C)c1)-c1c(cccc1C(C)(C)C)C2. The second-order valence-corrected chi connectivity index (χ2v) is 10.8. The first-order valence-electron chi connectivity index (χ1n) is 9.61. The molecular weight excluding hydrogens is 300 g/mol. The number of benzene rings is 2. The van der Waals surface area contributed by atoms with Gasteiger partial charge in [-0.1, -0.05) is 92.6 Å². The summed E-state index contributed by atoms with van der Waals surface area (Å²) in [5.74, 6) is 0. The molecule has 3 rings (SSSR count). The van der Waals surface area contributed by atoms with Gasteiger partial charge in [-0.2, -0.15) is 0 Å². The molecule has 0 saturated carbocycles. The highest BCUT2D eigenvalue weighted by atomic mass is 14.4. The maximum Gasteiger partial charge on any atom is -0.00131 e. The Balaban J connectivity index is 2.38. The number of rotatable bonds is 0. The smallest absolute Gasteiger partial charge is 0.00131 e. The molecule has 0 heteroatoms. The summed E-state index contributed by atoms with van der Waals surface area (Å²) in [4.78, 5) is 0. The molecule has 0 nitrogen and oxygen atoms in total. The van der Waals surface area contributed by atoms with E-state index in [1.54, 1.807) is 0 Å². The molecule has 0 unspecified atom stereocenters. The largest absolute Gasteiger partial charge is 0.0616 e. The van der Waals surface area contributed by atoms with Crippen molar-refractivity contribution in [3.63, 3.8) is 0 Å². The zero-order valence-electron chi connectivity index (χ0n) is 17.6. The summed E-state index contributed by atoms with van der Waals surface area (Å²) in [6.45, 7) is 21.0. The maximum absolute atomic E-state index is 2.48. The van der Waals surface area contributed by atoms with Crippen LogP contribution in [0.15, 0.2) is 30.3 Å². The summed E-state index contributed by atoms with van der Waals surface area (Å²) in [6.07, 6.45) is 1.07. The summed E-state index contributed by atoms with van der Waals surface area (Å²) in [5.41, 5.74) is 11.0. The van der Waals surface area contributed by atoms with Gasteiger partial charge in [0, 0.05) is 0 Å². The van der Waals surface area contributed by atoms with Crippen LogP contribution in [-0.2, 0) is 22.7 Å². The predicted octanol–water partition coefficient (Wildman–Crippen LogP) is 7.15. The Labute approximate surface area is 154 Å². The van der Waals surface area contributed by atoms with E-state index < -0.39 is 0 Å². The van der Waals surface area contributed by atoms with E-state index >= 15 is 0 Å². The fourth-order valence-corrected chi connectivity index (χ4v) is 4.03. The first-order chi connectivity index (χ1) is 11.3. The molecule has 0 atom stereocenters. The molecule has 0 spiro atoms. The van der Waals surface area contributed by atoms with Crippen LogP contribution >= 0.6 is 0 Å². The Kier molecular flexibility index (Phi) is 3.99. The molecule has 0 bridgehead atoms. The number of fused-ring (bicyclic) bond motifs is 3.